The SMILES string of the molecule is CCC(C)(C)C(=O)OC(C)(C)C.CCC(C)(C)C(=O)OC(C)CC(=O)O.COC(=O)C(C)C(C)C(=O)OC1C2CC3C(=O)OC1C3C2. The van der Waals surface area contributed by atoms with E-state index in [0.29, 0.717) is 6.42 Å². The largest absolute Gasteiger partial charge is 0.481 e. The van der Waals surface area contributed by atoms with Gasteiger partial charge in [-0.1, -0.05) is 27.7 Å². The molecule has 12 heteroatoms. The Morgan fingerprint density at radius 1 is 0.851 bits per heavy atom. The van der Waals surface area contributed by atoms with Crippen molar-refractivity contribution in [3.05, 3.63) is 0 Å². The Labute approximate surface area is 279 Å². The average Bonchev–Trinajstić information content (AvgIpc) is 3.60. The average molecular weight is 671 g/mol. The van der Waals surface area contributed by atoms with Gasteiger partial charge < -0.3 is 28.8 Å². The first-order valence-electron chi connectivity index (χ1n) is 16.6. The Balaban J connectivity index is 0.000000374. The first kappa shape index (κ1) is 41.8. The van der Waals surface area contributed by atoms with E-state index in [1.807, 2.05) is 48.5 Å². The van der Waals surface area contributed by atoms with E-state index in [-0.39, 0.29) is 65.3 Å². The quantitative estimate of drug-likeness (QED) is 0.216. The van der Waals surface area contributed by atoms with Crippen LogP contribution in [0, 0.1) is 40.4 Å². The third-order valence-electron chi connectivity index (χ3n) is 9.40. The summed E-state index contributed by atoms with van der Waals surface area (Å²) in [5.74, 6) is -3.14. The minimum atomic E-state index is -0.959. The lowest BCUT2D eigenvalue weighted by atomic mass is 9.88. The fraction of sp³-hybridized carbons (Fsp3) is 0.829. The third kappa shape index (κ3) is 11.8. The van der Waals surface area contributed by atoms with Crippen molar-refractivity contribution >= 4 is 35.8 Å². The monoisotopic (exact) mass is 670 g/mol. The summed E-state index contributed by atoms with van der Waals surface area (Å²) in [6.07, 6.45) is 1.77. The van der Waals surface area contributed by atoms with Gasteiger partial charge in [-0.3, -0.25) is 28.8 Å². The van der Waals surface area contributed by atoms with Crippen molar-refractivity contribution in [1.82, 2.24) is 0 Å². The summed E-state index contributed by atoms with van der Waals surface area (Å²) in [7, 11) is 1.30. The maximum absolute atomic E-state index is 12.2. The van der Waals surface area contributed by atoms with Gasteiger partial charge in [0.25, 0.3) is 0 Å². The van der Waals surface area contributed by atoms with Gasteiger partial charge in [0.15, 0.2) is 0 Å². The summed E-state index contributed by atoms with van der Waals surface area (Å²) in [4.78, 5) is 68.7. The topological polar surface area (TPSA) is 169 Å². The summed E-state index contributed by atoms with van der Waals surface area (Å²) < 4.78 is 25.8. The standard InChI is InChI=1S/C15H20O6.C10H18O4.C10H20O2/c1-6(13(16)19-3)7(2)14(17)20-11-8-4-9-10(5-8)15(18)21-12(9)11;1-5-10(3,4)9(13)14-7(2)6-8(11)12;1-7-10(5,6)8(11)12-9(2,3)4/h6-12H,4-5H2,1-3H3;7H,5-6H2,1-4H3,(H,11,12);7H2,1-6H3. The minimum Gasteiger partial charge on any atom is -0.481 e. The molecule has 2 bridgehead atoms. The van der Waals surface area contributed by atoms with Gasteiger partial charge in [-0.05, 0) is 81.1 Å². The summed E-state index contributed by atoms with van der Waals surface area (Å²) in [6, 6.07) is 0. The van der Waals surface area contributed by atoms with Crippen LogP contribution in [-0.2, 0) is 52.5 Å². The molecule has 0 spiro atoms. The number of esters is 5. The lowest BCUT2D eigenvalue weighted by Crippen LogP contribution is -2.39. The molecule has 3 aliphatic rings. The number of hydrogen-bond donors (Lipinski definition) is 1. The number of fused-ring (bicyclic) bond motifs is 1. The van der Waals surface area contributed by atoms with E-state index in [1.165, 1.54) is 7.11 Å². The van der Waals surface area contributed by atoms with Crippen LogP contribution in [0.5, 0.6) is 0 Å². The molecule has 8 atom stereocenters. The van der Waals surface area contributed by atoms with E-state index in [9.17, 15) is 28.8 Å². The van der Waals surface area contributed by atoms with E-state index in [0.717, 1.165) is 19.3 Å². The van der Waals surface area contributed by atoms with Crippen LogP contribution in [0.1, 0.15) is 115 Å². The van der Waals surface area contributed by atoms with E-state index >= 15 is 0 Å². The van der Waals surface area contributed by atoms with Gasteiger partial charge >= 0.3 is 35.8 Å². The molecule has 2 saturated carbocycles. The van der Waals surface area contributed by atoms with Gasteiger partial charge in [0, 0.05) is 11.8 Å². The molecule has 2 aliphatic carbocycles. The van der Waals surface area contributed by atoms with Crippen LogP contribution in [-0.4, -0.2) is 71.9 Å². The number of ether oxygens (including phenoxy) is 5. The number of carboxylic acids is 1. The van der Waals surface area contributed by atoms with Crippen LogP contribution < -0.4 is 0 Å². The highest BCUT2D eigenvalue weighted by molar-refractivity contribution is 5.82. The first-order valence-corrected chi connectivity index (χ1v) is 16.6. The molecule has 0 radical (unpaired) electrons. The van der Waals surface area contributed by atoms with Gasteiger partial charge in [0.1, 0.15) is 23.9 Å². The van der Waals surface area contributed by atoms with Crippen molar-refractivity contribution < 1.29 is 57.6 Å². The second-order valence-corrected chi connectivity index (χ2v) is 15.2. The molecule has 8 unspecified atom stereocenters. The molecule has 0 aromatic carbocycles. The number of methoxy groups -OCH3 is 1. The smallest absolute Gasteiger partial charge is 0.312 e. The van der Waals surface area contributed by atoms with Gasteiger partial charge in [-0.25, -0.2) is 0 Å². The van der Waals surface area contributed by atoms with Gasteiger partial charge in [-0.15, -0.1) is 0 Å². The molecule has 0 aromatic rings. The molecule has 1 N–H and O–H groups in total. The highest BCUT2D eigenvalue weighted by Gasteiger charge is 2.63. The predicted octanol–water partition coefficient (Wildman–Crippen LogP) is 5.52. The Morgan fingerprint density at radius 3 is 1.83 bits per heavy atom. The molecule has 3 fully saturated rings. The van der Waals surface area contributed by atoms with Crippen LogP contribution in [0.4, 0.5) is 0 Å². The normalized spacial score (nSPS) is 24.6. The van der Waals surface area contributed by atoms with E-state index < -0.39 is 41.3 Å². The minimum absolute atomic E-state index is 0.00127. The molecule has 1 aliphatic heterocycles. The molecular weight excluding hydrogens is 612 g/mol. The van der Waals surface area contributed by atoms with Crippen LogP contribution in [0.2, 0.25) is 0 Å². The maximum Gasteiger partial charge on any atom is 0.312 e. The van der Waals surface area contributed by atoms with E-state index in [4.69, 9.17) is 24.1 Å². The van der Waals surface area contributed by atoms with Crippen LogP contribution >= 0.6 is 0 Å². The molecule has 270 valence electrons. The van der Waals surface area contributed by atoms with Gasteiger partial charge in [0.2, 0.25) is 0 Å². The second-order valence-electron chi connectivity index (χ2n) is 15.2. The lowest BCUT2D eigenvalue weighted by Gasteiger charge is -2.27. The van der Waals surface area contributed by atoms with Crippen LogP contribution in [0.25, 0.3) is 0 Å². The fourth-order valence-electron chi connectivity index (χ4n) is 5.23. The number of carboxylic acid groups (broad SMARTS) is 1. The molecule has 1 heterocycles. The van der Waals surface area contributed by atoms with Gasteiger partial charge in [0.05, 0.1) is 42.1 Å². The second kappa shape index (κ2) is 16.8. The number of carbonyl (C=O) groups excluding carboxylic acids is 5. The van der Waals surface area contributed by atoms with Crippen molar-refractivity contribution in [2.75, 3.05) is 7.11 Å². The molecular formula is C35H58O12. The molecule has 3 rings (SSSR count). The summed E-state index contributed by atoms with van der Waals surface area (Å²) in [5.41, 5.74) is -1.26. The lowest BCUT2D eigenvalue weighted by molar-refractivity contribution is -0.169. The number of carbonyl (C=O) groups is 6. The number of rotatable bonds is 11. The van der Waals surface area contributed by atoms with E-state index in [1.54, 1.807) is 34.6 Å². The number of hydrogen-bond acceptors (Lipinski definition) is 11. The molecule has 0 amide bonds. The Bertz CT molecular complexity index is 1130. The van der Waals surface area contributed by atoms with Crippen molar-refractivity contribution in [1.29, 1.82) is 0 Å². The first-order chi connectivity index (χ1) is 21.4. The van der Waals surface area contributed by atoms with Crippen molar-refractivity contribution in [2.45, 2.75) is 139 Å². The molecule has 12 nitrogen and oxygen atoms in total. The zero-order valence-electron chi connectivity index (χ0n) is 30.6. The Kier molecular flexibility index (Phi) is 14.9. The van der Waals surface area contributed by atoms with Crippen molar-refractivity contribution in [3.63, 3.8) is 0 Å². The predicted molar refractivity (Wildman–Crippen MR) is 172 cm³/mol. The molecule has 0 aromatic heterocycles. The zero-order chi connectivity index (χ0) is 36.7. The third-order valence-corrected chi connectivity index (χ3v) is 9.40. The summed E-state index contributed by atoms with van der Waals surface area (Å²) in [5, 5.41) is 8.47. The fourth-order valence-corrected chi connectivity index (χ4v) is 5.23. The van der Waals surface area contributed by atoms with Crippen molar-refractivity contribution in [3.8, 4) is 0 Å². The summed E-state index contributed by atoms with van der Waals surface area (Å²) >= 11 is 0. The Hall–Kier alpha value is -3.18. The highest BCUT2D eigenvalue weighted by Crippen LogP contribution is 2.55. The van der Waals surface area contributed by atoms with E-state index in [2.05, 4.69) is 4.74 Å². The van der Waals surface area contributed by atoms with Crippen LogP contribution in [0.3, 0.4) is 0 Å². The maximum atomic E-state index is 12.2. The molecule has 47 heavy (non-hydrogen) atoms. The molecule has 1 saturated heterocycles. The zero-order valence-corrected chi connectivity index (χ0v) is 30.6. The van der Waals surface area contributed by atoms with Crippen LogP contribution in [0.15, 0.2) is 0 Å². The number of aliphatic carboxylic acids is 1. The summed E-state index contributed by atoms with van der Waals surface area (Å²) in [6.45, 7) is 21.8. The Morgan fingerprint density at radius 2 is 1.36 bits per heavy atom. The van der Waals surface area contributed by atoms with Crippen molar-refractivity contribution in [2.24, 2.45) is 40.4 Å². The van der Waals surface area contributed by atoms with Gasteiger partial charge in [-0.2, -0.15) is 0 Å². The highest BCUT2D eigenvalue weighted by atomic mass is 16.6.